The van der Waals surface area contributed by atoms with Gasteiger partial charge in [-0.2, -0.15) is 4.72 Å². The van der Waals surface area contributed by atoms with Gasteiger partial charge in [0.2, 0.25) is 10.0 Å². The molecule has 3 rings (SSSR count). The van der Waals surface area contributed by atoms with E-state index < -0.39 is 22.0 Å². The van der Waals surface area contributed by atoms with Gasteiger partial charge in [-0.1, -0.05) is 27.5 Å². The van der Waals surface area contributed by atoms with Crippen molar-refractivity contribution in [3.63, 3.8) is 0 Å². The number of anilines is 1. The van der Waals surface area contributed by atoms with Gasteiger partial charge in [-0.3, -0.25) is 4.79 Å². The molecule has 8 nitrogen and oxygen atoms in total. The van der Waals surface area contributed by atoms with Crippen molar-refractivity contribution >= 4 is 55.1 Å². The van der Waals surface area contributed by atoms with Crippen molar-refractivity contribution in [2.45, 2.75) is 10.9 Å². The molecule has 11 heteroatoms. The molecule has 0 aromatic heterocycles. The van der Waals surface area contributed by atoms with E-state index in [1.807, 2.05) is 0 Å². The number of amides is 1. The Bertz CT molecular complexity index is 1130. The number of sulfonamides is 1. The maximum absolute atomic E-state index is 12.9. The second-order valence-electron chi connectivity index (χ2n) is 6.06. The van der Waals surface area contributed by atoms with Crippen LogP contribution in [0.1, 0.15) is 22.0 Å². The molecule has 1 heterocycles. The van der Waals surface area contributed by atoms with E-state index >= 15 is 0 Å². The number of carboxylic acid groups (broad SMARTS) is 1. The van der Waals surface area contributed by atoms with Crippen molar-refractivity contribution in [3.05, 3.63) is 68.8 Å². The minimum atomic E-state index is -4.03. The lowest BCUT2D eigenvalue weighted by molar-refractivity contribution is -0.132. The van der Waals surface area contributed by atoms with Gasteiger partial charge in [0, 0.05) is 33.4 Å². The number of nitrogens with one attached hydrogen (secondary N) is 3. The molecular weight excluding hydrogens is 486 g/mol. The topological polar surface area (TPSA) is 125 Å². The highest BCUT2D eigenvalue weighted by Crippen LogP contribution is 2.39. The van der Waals surface area contributed by atoms with Crippen LogP contribution in [-0.4, -0.2) is 32.4 Å². The normalized spacial score (nSPS) is 15.7. The maximum atomic E-state index is 12.9. The highest BCUT2D eigenvalue weighted by Gasteiger charge is 2.29. The van der Waals surface area contributed by atoms with Gasteiger partial charge in [0.05, 0.1) is 10.9 Å². The summed E-state index contributed by atoms with van der Waals surface area (Å²) in [7, 11) is -2.56. The van der Waals surface area contributed by atoms with Crippen LogP contribution in [0.15, 0.2) is 57.5 Å². The van der Waals surface area contributed by atoms with Crippen LogP contribution in [0.25, 0.3) is 0 Å². The molecule has 152 valence electrons. The molecule has 4 N–H and O–H groups in total. The molecule has 0 spiro atoms. The number of hydrogen-bond donors (Lipinski definition) is 4. The van der Waals surface area contributed by atoms with Gasteiger partial charge in [0.15, 0.2) is 0 Å². The molecule has 1 aliphatic rings. The van der Waals surface area contributed by atoms with Gasteiger partial charge in [-0.05, 0) is 42.5 Å². The van der Waals surface area contributed by atoms with E-state index in [4.69, 9.17) is 11.6 Å². The third-order valence-electron chi connectivity index (χ3n) is 4.17. The van der Waals surface area contributed by atoms with Crippen LogP contribution in [-0.2, 0) is 14.8 Å². The van der Waals surface area contributed by atoms with Crippen LogP contribution in [0.4, 0.5) is 5.69 Å². The van der Waals surface area contributed by atoms with Crippen LogP contribution in [0.2, 0.25) is 5.02 Å². The van der Waals surface area contributed by atoms with E-state index in [9.17, 15) is 23.1 Å². The zero-order valence-corrected chi connectivity index (χ0v) is 18.0. The Kier molecular flexibility index (Phi) is 5.99. The molecule has 0 saturated carbocycles. The number of halogens is 2. The summed E-state index contributed by atoms with van der Waals surface area (Å²) < 4.78 is 28.7. The van der Waals surface area contributed by atoms with E-state index in [1.54, 1.807) is 6.07 Å². The average molecular weight is 501 g/mol. The van der Waals surface area contributed by atoms with Crippen LogP contribution in [0.3, 0.4) is 0 Å². The summed E-state index contributed by atoms with van der Waals surface area (Å²) in [6, 6.07) is 7.50. The minimum absolute atomic E-state index is 0.0689. The van der Waals surface area contributed by atoms with E-state index in [2.05, 4.69) is 31.3 Å². The molecule has 29 heavy (non-hydrogen) atoms. The fourth-order valence-corrected chi connectivity index (χ4v) is 5.03. The van der Waals surface area contributed by atoms with Crippen molar-refractivity contribution in [2.24, 2.45) is 0 Å². The van der Waals surface area contributed by atoms with Gasteiger partial charge < -0.3 is 15.7 Å². The zero-order valence-electron chi connectivity index (χ0n) is 14.9. The molecule has 1 amide bonds. The van der Waals surface area contributed by atoms with Crippen LogP contribution in [0, 0.1) is 0 Å². The largest absolute Gasteiger partial charge is 0.477 e. The highest BCUT2D eigenvalue weighted by molar-refractivity contribution is 9.10. The second-order valence-corrected chi connectivity index (χ2v) is 9.07. The summed E-state index contributed by atoms with van der Waals surface area (Å²) in [6.45, 7) is 0. The van der Waals surface area contributed by atoms with E-state index in [1.165, 1.54) is 43.5 Å². The van der Waals surface area contributed by atoms with Gasteiger partial charge in [0.1, 0.15) is 5.70 Å². The highest BCUT2D eigenvalue weighted by atomic mass is 79.9. The van der Waals surface area contributed by atoms with E-state index in [0.29, 0.717) is 26.3 Å². The molecule has 0 radical (unpaired) electrons. The van der Waals surface area contributed by atoms with Crippen molar-refractivity contribution in [2.75, 3.05) is 12.4 Å². The quantitative estimate of drug-likeness (QED) is 0.500. The number of carboxylic acids is 1. The van der Waals surface area contributed by atoms with Crippen molar-refractivity contribution in [1.82, 2.24) is 10.0 Å². The first-order valence-corrected chi connectivity index (χ1v) is 10.8. The first kappa shape index (κ1) is 21.3. The maximum Gasteiger partial charge on any atom is 0.352 e. The Morgan fingerprint density at radius 3 is 2.45 bits per heavy atom. The standard InChI is InChI=1S/C18H15BrClN3O5S/c1-21-17(24)9-2-4-11(5-3-9)29(27,28)23-14-8-15(18(25)26)22-13-7-10(20)6-12(19)16(13)14/h2-8,14,22-23H,1H3,(H,21,24)(H,25,26). The fraction of sp³-hybridized carbons (Fsp3) is 0.111. The predicted molar refractivity (Wildman–Crippen MR) is 111 cm³/mol. The molecule has 2 aromatic carbocycles. The van der Waals surface area contributed by atoms with Gasteiger partial charge in [-0.25, -0.2) is 13.2 Å². The number of hydrogen-bond acceptors (Lipinski definition) is 5. The number of aliphatic carboxylic acids is 1. The van der Waals surface area contributed by atoms with Gasteiger partial charge in [0.25, 0.3) is 5.91 Å². The number of carbonyl (C=O) groups is 2. The second kappa shape index (κ2) is 8.15. The monoisotopic (exact) mass is 499 g/mol. The third-order valence-corrected chi connectivity index (χ3v) is 6.51. The SMILES string of the molecule is CNC(=O)c1ccc(S(=O)(=O)NC2C=C(C(=O)O)Nc3cc(Cl)cc(Br)c32)cc1. The lowest BCUT2D eigenvalue weighted by atomic mass is 10.0. The lowest BCUT2D eigenvalue weighted by Crippen LogP contribution is -2.32. The van der Waals surface area contributed by atoms with Crippen molar-refractivity contribution < 1.29 is 23.1 Å². The first-order chi connectivity index (χ1) is 13.6. The van der Waals surface area contributed by atoms with E-state index in [0.717, 1.165) is 0 Å². The number of carbonyl (C=O) groups excluding carboxylic acids is 1. The summed E-state index contributed by atoms with van der Waals surface area (Å²) in [5.74, 6) is -1.59. The predicted octanol–water partition coefficient (Wildman–Crippen LogP) is 2.88. The molecule has 0 saturated heterocycles. The van der Waals surface area contributed by atoms with Gasteiger partial charge in [-0.15, -0.1) is 0 Å². The third kappa shape index (κ3) is 4.45. The first-order valence-electron chi connectivity index (χ1n) is 8.18. The lowest BCUT2D eigenvalue weighted by Gasteiger charge is -2.26. The van der Waals surface area contributed by atoms with Crippen molar-refractivity contribution in [1.29, 1.82) is 0 Å². The summed E-state index contributed by atoms with van der Waals surface area (Å²) in [5, 5.41) is 14.9. The summed E-state index contributed by atoms with van der Waals surface area (Å²) in [6.07, 6.45) is 1.26. The summed E-state index contributed by atoms with van der Waals surface area (Å²) >= 11 is 9.38. The Morgan fingerprint density at radius 2 is 1.86 bits per heavy atom. The molecule has 0 bridgehead atoms. The smallest absolute Gasteiger partial charge is 0.352 e. The van der Waals surface area contributed by atoms with Gasteiger partial charge >= 0.3 is 5.97 Å². The molecule has 1 unspecified atom stereocenters. The summed E-state index contributed by atoms with van der Waals surface area (Å²) in [4.78, 5) is 23.0. The Morgan fingerprint density at radius 1 is 1.21 bits per heavy atom. The van der Waals surface area contributed by atoms with Crippen LogP contribution >= 0.6 is 27.5 Å². The molecule has 1 aliphatic heterocycles. The van der Waals surface area contributed by atoms with Crippen molar-refractivity contribution in [3.8, 4) is 0 Å². The zero-order chi connectivity index (χ0) is 21.3. The van der Waals surface area contributed by atoms with Crippen LogP contribution in [0.5, 0.6) is 0 Å². The number of benzene rings is 2. The van der Waals surface area contributed by atoms with Crippen LogP contribution < -0.4 is 15.4 Å². The molecule has 1 atom stereocenters. The minimum Gasteiger partial charge on any atom is -0.477 e. The molecule has 2 aromatic rings. The average Bonchev–Trinajstić information content (AvgIpc) is 2.66. The summed E-state index contributed by atoms with van der Waals surface area (Å²) in [5.41, 5.74) is 0.982. The molecule has 0 aliphatic carbocycles. The Balaban J connectivity index is 1.99. The Hall–Kier alpha value is -2.40. The molecular formula is C18H15BrClN3O5S. The number of rotatable bonds is 5. The number of fused-ring (bicyclic) bond motifs is 1. The van der Waals surface area contributed by atoms with E-state index in [-0.39, 0.29) is 16.5 Å². The molecule has 0 fully saturated rings. The Labute approximate surface area is 180 Å². The fourth-order valence-electron chi connectivity index (χ4n) is 2.82.